The van der Waals surface area contributed by atoms with Gasteiger partial charge in [0, 0.05) is 22.7 Å². The van der Waals surface area contributed by atoms with Crippen LogP contribution in [0.1, 0.15) is 5.56 Å². The van der Waals surface area contributed by atoms with Gasteiger partial charge < -0.3 is 4.57 Å². The highest BCUT2D eigenvalue weighted by Crippen LogP contribution is 2.27. The minimum absolute atomic E-state index is 0.0249. The maximum absolute atomic E-state index is 14.3. The van der Waals surface area contributed by atoms with Gasteiger partial charge in [-0.2, -0.15) is 0 Å². The summed E-state index contributed by atoms with van der Waals surface area (Å²) in [7, 11) is 0. The number of carbonyl (C=O) groups excluding carboxylic acids is 2. The minimum atomic E-state index is -0.697. The molecule has 1 aromatic heterocycles. The van der Waals surface area contributed by atoms with Gasteiger partial charge in [0.05, 0.1) is 12.2 Å². The molecular formula is C22H14FN3O2S. The van der Waals surface area contributed by atoms with E-state index in [1.54, 1.807) is 12.3 Å². The average Bonchev–Trinajstić information content (AvgIpc) is 3.04. The van der Waals surface area contributed by atoms with Crippen molar-refractivity contribution in [3.63, 3.8) is 0 Å². The van der Waals surface area contributed by atoms with Crippen LogP contribution in [-0.2, 0) is 16.1 Å². The summed E-state index contributed by atoms with van der Waals surface area (Å²) in [6.07, 6.45) is 8.69. The number of anilines is 1. The number of fused-ring (bicyclic) bond motifs is 1. The molecule has 1 saturated heterocycles. The van der Waals surface area contributed by atoms with Gasteiger partial charge in [0.15, 0.2) is 5.11 Å². The van der Waals surface area contributed by atoms with Gasteiger partial charge in [0.2, 0.25) is 0 Å². The summed E-state index contributed by atoms with van der Waals surface area (Å²) in [4.78, 5) is 26.6. The first-order valence-electron chi connectivity index (χ1n) is 8.68. The van der Waals surface area contributed by atoms with Crippen LogP contribution in [0.3, 0.4) is 0 Å². The van der Waals surface area contributed by atoms with Crippen LogP contribution in [0.4, 0.5) is 10.1 Å². The van der Waals surface area contributed by atoms with Crippen molar-refractivity contribution in [1.82, 2.24) is 9.88 Å². The number of para-hydroxylation sites is 2. The first-order valence-corrected chi connectivity index (χ1v) is 9.09. The zero-order chi connectivity index (χ0) is 20.5. The van der Waals surface area contributed by atoms with Crippen molar-refractivity contribution in [3.05, 3.63) is 71.7 Å². The van der Waals surface area contributed by atoms with Crippen molar-refractivity contribution in [1.29, 1.82) is 0 Å². The highest BCUT2D eigenvalue weighted by atomic mass is 32.1. The summed E-state index contributed by atoms with van der Waals surface area (Å²) in [6.45, 7) is 0.343. The van der Waals surface area contributed by atoms with Crippen LogP contribution >= 0.6 is 12.2 Å². The van der Waals surface area contributed by atoms with Gasteiger partial charge >= 0.3 is 0 Å². The van der Waals surface area contributed by atoms with Gasteiger partial charge in [-0.1, -0.05) is 36.3 Å². The van der Waals surface area contributed by atoms with E-state index in [1.807, 2.05) is 28.8 Å². The van der Waals surface area contributed by atoms with Crippen LogP contribution in [0.25, 0.3) is 17.0 Å². The van der Waals surface area contributed by atoms with E-state index >= 15 is 0 Å². The number of terminal acetylenes is 1. The molecule has 2 aromatic carbocycles. The Balaban J connectivity index is 1.83. The average molecular weight is 403 g/mol. The zero-order valence-electron chi connectivity index (χ0n) is 15.1. The fourth-order valence-corrected chi connectivity index (χ4v) is 3.56. The number of thiocarbonyl (C=S) groups is 1. The van der Waals surface area contributed by atoms with Crippen molar-refractivity contribution in [2.24, 2.45) is 0 Å². The van der Waals surface area contributed by atoms with Crippen molar-refractivity contribution in [2.45, 2.75) is 6.54 Å². The van der Waals surface area contributed by atoms with E-state index in [0.29, 0.717) is 12.1 Å². The second kappa shape index (κ2) is 7.34. The Bertz CT molecular complexity index is 1250. The summed E-state index contributed by atoms with van der Waals surface area (Å²) >= 11 is 5.11. The summed E-state index contributed by atoms with van der Waals surface area (Å²) in [5.74, 6) is 0.625. The molecule has 1 aliphatic heterocycles. The van der Waals surface area contributed by atoms with E-state index < -0.39 is 17.6 Å². The Morgan fingerprint density at radius 3 is 2.62 bits per heavy atom. The molecule has 0 saturated carbocycles. The number of nitrogens with one attached hydrogen (secondary N) is 1. The smallest absolute Gasteiger partial charge is 0.270 e. The van der Waals surface area contributed by atoms with Gasteiger partial charge in [-0.05, 0) is 36.5 Å². The molecule has 2 heterocycles. The molecule has 0 aliphatic carbocycles. The maximum Gasteiger partial charge on any atom is 0.270 e. The van der Waals surface area contributed by atoms with Crippen LogP contribution in [0.15, 0.2) is 60.3 Å². The molecule has 0 radical (unpaired) electrons. The standard InChI is InChI=1S/C22H14FN3O2S/c1-2-11-25-13-14(15-7-3-5-9-18(15)25)12-16-20(27)24-22(29)26(21(16)28)19-10-6-4-8-17(19)23/h1,3-10,12-13H,11H2,(H,24,27,29)/b16-12+. The second-order valence-corrected chi connectivity index (χ2v) is 6.73. The molecule has 1 aliphatic rings. The third-order valence-electron chi connectivity index (χ3n) is 4.58. The number of carbonyl (C=O) groups is 2. The molecule has 0 atom stereocenters. The Kier molecular flexibility index (Phi) is 4.71. The number of hydrogen-bond donors (Lipinski definition) is 1. The van der Waals surface area contributed by atoms with E-state index in [0.717, 1.165) is 15.8 Å². The molecule has 5 nitrogen and oxygen atoms in total. The topological polar surface area (TPSA) is 54.3 Å². The van der Waals surface area contributed by atoms with Crippen LogP contribution in [0.2, 0.25) is 0 Å². The van der Waals surface area contributed by atoms with E-state index in [4.69, 9.17) is 18.6 Å². The number of hydrogen-bond acceptors (Lipinski definition) is 3. The predicted octanol–water partition coefficient (Wildman–Crippen LogP) is 3.24. The Labute approximate surface area is 171 Å². The number of halogens is 1. The first kappa shape index (κ1) is 18.6. The zero-order valence-corrected chi connectivity index (χ0v) is 15.9. The van der Waals surface area contributed by atoms with Crippen molar-refractivity contribution in [3.8, 4) is 12.3 Å². The molecule has 3 aromatic rings. The van der Waals surface area contributed by atoms with Gasteiger partial charge in [0.1, 0.15) is 11.4 Å². The van der Waals surface area contributed by atoms with Crippen molar-refractivity contribution in [2.75, 3.05) is 4.90 Å². The first-order chi connectivity index (χ1) is 14.0. The monoisotopic (exact) mass is 403 g/mol. The Morgan fingerprint density at radius 2 is 1.86 bits per heavy atom. The van der Waals surface area contributed by atoms with Crippen LogP contribution in [0, 0.1) is 18.2 Å². The van der Waals surface area contributed by atoms with E-state index in [-0.39, 0.29) is 16.4 Å². The third-order valence-corrected chi connectivity index (χ3v) is 4.86. The van der Waals surface area contributed by atoms with E-state index in [1.165, 1.54) is 24.3 Å². The summed E-state index contributed by atoms with van der Waals surface area (Å²) in [5.41, 5.74) is 1.35. The maximum atomic E-state index is 14.3. The lowest BCUT2D eigenvalue weighted by molar-refractivity contribution is -0.122. The van der Waals surface area contributed by atoms with Gasteiger partial charge in [-0.15, -0.1) is 6.42 Å². The summed E-state index contributed by atoms with van der Waals surface area (Å²) in [6, 6.07) is 13.2. The molecule has 0 unspecified atom stereocenters. The third kappa shape index (κ3) is 3.20. The molecule has 7 heteroatoms. The number of nitrogens with zero attached hydrogens (tertiary/aromatic N) is 2. The number of benzene rings is 2. The van der Waals surface area contributed by atoms with E-state index in [9.17, 15) is 14.0 Å². The molecule has 1 N–H and O–H groups in total. The lowest BCUT2D eigenvalue weighted by Crippen LogP contribution is -2.54. The predicted molar refractivity (Wildman–Crippen MR) is 113 cm³/mol. The second-order valence-electron chi connectivity index (χ2n) is 6.34. The van der Waals surface area contributed by atoms with Gasteiger partial charge in [-0.25, -0.2) is 9.29 Å². The van der Waals surface area contributed by atoms with Crippen LogP contribution in [0.5, 0.6) is 0 Å². The lowest BCUT2D eigenvalue weighted by atomic mass is 10.1. The van der Waals surface area contributed by atoms with Crippen molar-refractivity contribution >= 4 is 51.8 Å². The van der Waals surface area contributed by atoms with Gasteiger partial charge in [-0.3, -0.25) is 14.9 Å². The molecule has 29 heavy (non-hydrogen) atoms. The molecule has 4 rings (SSSR count). The van der Waals surface area contributed by atoms with Gasteiger partial charge in [0.25, 0.3) is 11.8 Å². The SMILES string of the molecule is C#CCn1cc(/C=C2\C(=O)NC(=S)N(c3ccccc3F)C2=O)c2ccccc21. The fraction of sp³-hybridized carbons (Fsp3) is 0.0455. The molecule has 1 fully saturated rings. The van der Waals surface area contributed by atoms with Crippen LogP contribution < -0.4 is 10.2 Å². The minimum Gasteiger partial charge on any atom is -0.335 e. The summed E-state index contributed by atoms with van der Waals surface area (Å²) < 4.78 is 16.1. The molecule has 2 amide bonds. The van der Waals surface area contributed by atoms with Crippen molar-refractivity contribution < 1.29 is 14.0 Å². The highest BCUT2D eigenvalue weighted by Gasteiger charge is 2.35. The molecule has 0 bridgehead atoms. The fourth-order valence-electron chi connectivity index (χ4n) is 3.28. The molecule has 0 spiro atoms. The summed E-state index contributed by atoms with van der Waals surface area (Å²) in [5, 5.41) is 3.12. The molecule has 142 valence electrons. The normalized spacial score (nSPS) is 15.7. The largest absolute Gasteiger partial charge is 0.335 e. The molecular weight excluding hydrogens is 389 g/mol. The highest BCUT2D eigenvalue weighted by molar-refractivity contribution is 7.80. The quantitative estimate of drug-likeness (QED) is 0.316. The van der Waals surface area contributed by atoms with Crippen LogP contribution in [-0.4, -0.2) is 21.5 Å². The Morgan fingerprint density at radius 1 is 1.14 bits per heavy atom. The number of amides is 2. The lowest BCUT2D eigenvalue weighted by Gasteiger charge is -2.29. The Hall–Kier alpha value is -3.76. The van der Waals surface area contributed by atoms with E-state index in [2.05, 4.69) is 11.2 Å². The number of aromatic nitrogens is 1. The number of rotatable bonds is 3.